The van der Waals surface area contributed by atoms with E-state index in [4.69, 9.17) is 9.47 Å². The SMILES string of the molecule is COc1cccc2c1OCCCn1cc(nn1)CCN(Cc1cc(C(C)(C)C)n[nH]1)CCNC(=O)[C@H](Cc1ccccc1)NC2=O. The zero-order valence-corrected chi connectivity index (χ0v) is 27.1. The van der Waals surface area contributed by atoms with Crippen molar-refractivity contribution in [2.45, 2.75) is 64.6 Å². The maximum absolute atomic E-state index is 13.7. The fourth-order valence-corrected chi connectivity index (χ4v) is 5.33. The third-order valence-corrected chi connectivity index (χ3v) is 7.92. The largest absolute Gasteiger partial charge is 0.493 e. The van der Waals surface area contributed by atoms with E-state index in [9.17, 15) is 9.59 Å². The number of H-pyrrole nitrogens is 1. The van der Waals surface area contributed by atoms with Gasteiger partial charge in [0.25, 0.3) is 5.91 Å². The van der Waals surface area contributed by atoms with Gasteiger partial charge >= 0.3 is 0 Å². The number of para-hydroxylation sites is 1. The van der Waals surface area contributed by atoms with Gasteiger partial charge in [0.15, 0.2) is 11.5 Å². The lowest BCUT2D eigenvalue weighted by atomic mass is 9.92. The Hall–Kier alpha value is -4.71. The lowest BCUT2D eigenvalue weighted by Gasteiger charge is -2.23. The standard InChI is InChI=1S/C34H44N8O4/c1-34(2,3)30-21-26(37-39-30)22-41-17-14-25-23-42(40-38-25)16-9-19-46-31-27(12-8-13-29(31)45-4)32(43)36-28(33(44)35-15-18-41)20-24-10-6-5-7-11-24/h5-8,10-13,21,23,28H,9,14-20,22H2,1-4H3,(H,35,44)(H,36,43)(H,37,39)/t28-/m0/s1. The van der Waals surface area contributed by atoms with Crippen LogP contribution in [0.25, 0.3) is 0 Å². The predicted molar refractivity (Wildman–Crippen MR) is 174 cm³/mol. The van der Waals surface area contributed by atoms with E-state index in [2.05, 4.69) is 62.9 Å². The van der Waals surface area contributed by atoms with Crippen LogP contribution in [0.2, 0.25) is 0 Å². The molecule has 1 aliphatic heterocycles. The minimum Gasteiger partial charge on any atom is -0.493 e. The number of hydrogen-bond acceptors (Lipinski definition) is 8. The van der Waals surface area contributed by atoms with E-state index >= 15 is 0 Å². The zero-order chi connectivity index (χ0) is 32.5. The topological polar surface area (TPSA) is 139 Å². The van der Waals surface area contributed by atoms with Gasteiger partial charge in [0, 0.05) is 69.3 Å². The van der Waals surface area contributed by atoms with E-state index in [1.165, 1.54) is 7.11 Å². The van der Waals surface area contributed by atoms with Crippen molar-refractivity contribution in [2.24, 2.45) is 0 Å². The Morgan fingerprint density at radius 1 is 1.04 bits per heavy atom. The molecule has 3 N–H and O–H groups in total. The number of amides is 2. The van der Waals surface area contributed by atoms with Crippen molar-refractivity contribution >= 4 is 11.8 Å². The molecule has 0 spiro atoms. The number of carbonyl (C=O) groups is 2. The van der Waals surface area contributed by atoms with E-state index in [1.807, 2.05) is 41.2 Å². The number of hydrogen-bond donors (Lipinski definition) is 3. The summed E-state index contributed by atoms with van der Waals surface area (Å²) in [5.41, 5.74) is 4.05. The first-order valence-electron chi connectivity index (χ1n) is 15.8. The van der Waals surface area contributed by atoms with Crippen molar-refractivity contribution in [3.8, 4) is 11.5 Å². The molecule has 3 heterocycles. The van der Waals surface area contributed by atoms with Crippen molar-refractivity contribution < 1.29 is 19.1 Å². The predicted octanol–water partition coefficient (Wildman–Crippen LogP) is 3.29. The number of carbonyl (C=O) groups excluding carboxylic acids is 2. The van der Waals surface area contributed by atoms with Gasteiger partial charge in [-0.3, -0.25) is 24.3 Å². The fraction of sp³-hybridized carbons (Fsp3) is 0.441. The number of aryl methyl sites for hydroxylation is 1. The normalized spacial score (nSPS) is 17.4. The molecule has 0 unspecified atom stereocenters. The second kappa shape index (κ2) is 15.0. The average molecular weight is 629 g/mol. The third-order valence-electron chi connectivity index (χ3n) is 7.92. The number of nitrogens with one attached hydrogen (secondary N) is 3. The van der Waals surface area contributed by atoms with Crippen LogP contribution in [0.5, 0.6) is 11.5 Å². The third kappa shape index (κ3) is 8.72. The molecule has 0 aliphatic carbocycles. The van der Waals surface area contributed by atoms with Crippen LogP contribution in [-0.2, 0) is 36.1 Å². The first kappa shape index (κ1) is 32.7. The van der Waals surface area contributed by atoms with Gasteiger partial charge in [-0.15, -0.1) is 5.10 Å². The fourth-order valence-electron chi connectivity index (χ4n) is 5.33. The molecule has 244 valence electrons. The molecule has 1 aliphatic rings. The van der Waals surface area contributed by atoms with E-state index in [0.717, 1.165) is 22.6 Å². The molecule has 5 rings (SSSR count). The maximum Gasteiger partial charge on any atom is 0.255 e. The molecule has 0 fully saturated rings. The highest BCUT2D eigenvalue weighted by Crippen LogP contribution is 2.31. The first-order valence-corrected chi connectivity index (χ1v) is 15.8. The number of rotatable bonds is 5. The molecule has 0 saturated heterocycles. The lowest BCUT2D eigenvalue weighted by molar-refractivity contribution is -0.123. The van der Waals surface area contributed by atoms with Gasteiger partial charge in [-0.05, 0) is 23.8 Å². The molecular formula is C34H44N8O4. The molecule has 4 aromatic rings. The Balaban J connectivity index is 1.39. The van der Waals surface area contributed by atoms with Gasteiger partial charge in [-0.2, -0.15) is 5.10 Å². The minimum atomic E-state index is -0.805. The van der Waals surface area contributed by atoms with Crippen molar-refractivity contribution in [3.05, 3.63) is 89.0 Å². The van der Waals surface area contributed by atoms with Crippen LogP contribution in [-0.4, -0.2) is 81.3 Å². The van der Waals surface area contributed by atoms with Crippen LogP contribution < -0.4 is 20.1 Å². The quantitative estimate of drug-likeness (QED) is 0.306. The van der Waals surface area contributed by atoms with Crippen LogP contribution in [0, 0.1) is 0 Å². The highest BCUT2D eigenvalue weighted by Gasteiger charge is 2.25. The number of nitrogens with zero attached hydrogens (tertiary/aromatic N) is 5. The molecular weight excluding hydrogens is 584 g/mol. The minimum absolute atomic E-state index is 0.0671. The van der Waals surface area contributed by atoms with Crippen molar-refractivity contribution in [3.63, 3.8) is 0 Å². The van der Waals surface area contributed by atoms with Gasteiger partial charge in [0.2, 0.25) is 5.91 Å². The van der Waals surface area contributed by atoms with Crippen molar-refractivity contribution in [1.82, 2.24) is 40.7 Å². The summed E-state index contributed by atoms with van der Waals surface area (Å²) in [5, 5.41) is 22.4. The molecule has 12 nitrogen and oxygen atoms in total. The Morgan fingerprint density at radius 3 is 2.63 bits per heavy atom. The molecule has 2 aromatic heterocycles. The van der Waals surface area contributed by atoms with E-state index in [0.29, 0.717) is 75.7 Å². The highest BCUT2D eigenvalue weighted by molar-refractivity contribution is 6.00. The van der Waals surface area contributed by atoms with Gasteiger partial charge < -0.3 is 20.1 Å². The summed E-state index contributed by atoms with van der Waals surface area (Å²) in [7, 11) is 1.53. The summed E-state index contributed by atoms with van der Waals surface area (Å²) in [5.74, 6) is 0.0968. The monoisotopic (exact) mass is 628 g/mol. The first-order chi connectivity index (χ1) is 22.2. The van der Waals surface area contributed by atoms with Crippen molar-refractivity contribution in [2.75, 3.05) is 33.4 Å². The Kier molecular flexibility index (Phi) is 10.7. The van der Waals surface area contributed by atoms with Gasteiger partial charge in [0.05, 0.1) is 30.7 Å². The maximum atomic E-state index is 13.7. The number of ether oxygens (including phenoxy) is 2. The number of aromatic nitrogens is 5. The number of methoxy groups -OCH3 is 1. The summed E-state index contributed by atoms with van der Waals surface area (Å²) < 4.78 is 13.4. The van der Waals surface area contributed by atoms with Gasteiger partial charge in [0.1, 0.15) is 6.04 Å². The number of fused-ring (bicyclic) bond motifs is 3. The number of benzene rings is 2. The van der Waals surface area contributed by atoms with Gasteiger partial charge in [-0.1, -0.05) is 62.4 Å². The second-order valence-corrected chi connectivity index (χ2v) is 12.6. The molecule has 2 amide bonds. The smallest absolute Gasteiger partial charge is 0.255 e. The molecule has 1 atom stereocenters. The molecule has 0 radical (unpaired) electrons. The summed E-state index contributed by atoms with van der Waals surface area (Å²) >= 11 is 0. The number of aromatic amines is 1. The molecule has 0 saturated carbocycles. The Bertz CT molecular complexity index is 1590. The zero-order valence-electron chi connectivity index (χ0n) is 27.1. The molecule has 2 aromatic carbocycles. The second-order valence-electron chi connectivity index (χ2n) is 12.6. The van der Waals surface area contributed by atoms with Gasteiger partial charge in [-0.25, -0.2) is 0 Å². The highest BCUT2D eigenvalue weighted by atomic mass is 16.5. The Labute approximate surface area is 269 Å². The Morgan fingerprint density at radius 2 is 1.87 bits per heavy atom. The lowest BCUT2D eigenvalue weighted by Crippen LogP contribution is -2.49. The molecule has 46 heavy (non-hydrogen) atoms. The van der Waals surface area contributed by atoms with Crippen LogP contribution >= 0.6 is 0 Å². The van der Waals surface area contributed by atoms with Crippen LogP contribution in [0.4, 0.5) is 0 Å². The summed E-state index contributed by atoms with van der Waals surface area (Å²) in [6.45, 7) is 9.66. The molecule has 2 bridgehead atoms. The molecule has 12 heteroatoms. The summed E-state index contributed by atoms with van der Waals surface area (Å²) in [4.78, 5) is 29.6. The van der Waals surface area contributed by atoms with E-state index < -0.39 is 11.9 Å². The average Bonchev–Trinajstić information content (AvgIpc) is 3.71. The van der Waals surface area contributed by atoms with E-state index in [1.54, 1.807) is 18.2 Å². The van der Waals surface area contributed by atoms with Crippen LogP contribution in [0.3, 0.4) is 0 Å². The summed E-state index contributed by atoms with van der Waals surface area (Å²) in [6, 6.07) is 16.1. The van der Waals surface area contributed by atoms with Crippen LogP contribution in [0.15, 0.2) is 60.8 Å². The van der Waals surface area contributed by atoms with Crippen LogP contribution in [0.1, 0.15) is 60.2 Å². The van der Waals surface area contributed by atoms with Crippen molar-refractivity contribution in [1.29, 1.82) is 0 Å². The summed E-state index contributed by atoms with van der Waals surface area (Å²) in [6.07, 6.45) is 3.63. The van der Waals surface area contributed by atoms with E-state index in [-0.39, 0.29) is 11.3 Å².